The molecular weight excluding hydrogens is 350 g/mol. The van der Waals surface area contributed by atoms with Crippen molar-refractivity contribution in [3.05, 3.63) is 46.3 Å². The van der Waals surface area contributed by atoms with E-state index in [2.05, 4.69) is 20.6 Å². The number of benzene rings is 1. The molecule has 0 aliphatic rings. The van der Waals surface area contributed by atoms with E-state index in [1.807, 2.05) is 27.7 Å². The zero-order valence-electron chi connectivity index (χ0n) is 15.7. The summed E-state index contributed by atoms with van der Waals surface area (Å²) in [5, 5.41) is 17.3. The molecule has 0 aliphatic carbocycles. The van der Waals surface area contributed by atoms with Gasteiger partial charge in [0.2, 0.25) is 11.6 Å². The molecule has 1 heterocycles. The van der Waals surface area contributed by atoms with Crippen molar-refractivity contribution in [2.24, 2.45) is 5.92 Å². The third-order valence-electron chi connectivity index (χ3n) is 3.36. The van der Waals surface area contributed by atoms with E-state index in [0.29, 0.717) is 17.9 Å². The molecule has 2 aromatic rings. The Balaban J connectivity index is 2.19. The zero-order chi connectivity index (χ0) is 20.0. The van der Waals surface area contributed by atoms with Crippen LogP contribution in [0.25, 0.3) is 0 Å². The van der Waals surface area contributed by atoms with Crippen LogP contribution in [-0.4, -0.2) is 33.5 Å². The Morgan fingerprint density at radius 2 is 1.78 bits per heavy atom. The Morgan fingerprint density at radius 1 is 1.15 bits per heavy atom. The van der Waals surface area contributed by atoms with Gasteiger partial charge in [0.05, 0.1) is 17.1 Å². The van der Waals surface area contributed by atoms with Crippen molar-refractivity contribution < 1.29 is 14.5 Å². The maximum absolute atomic E-state index is 11.9. The summed E-state index contributed by atoms with van der Waals surface area (Å²) in [5.41, 5.74) is 0.708. The van der Waals surface area contributed by atoms with Gasteiger partial charge in [-0.3, -0.25) is 10.1 Å². The van der Waals surface area contributed by atoms with Crippen LogP contribution in [0.2, 0.25) is 0 Å². The van der Waals surface area contributed by atoms with Gasteiger partial charge in [0.1, 0.15) is 6.33 Å². The quantitative estimate of drug-likeness (QED) is 0.408. The first-order chi connectivity index (χ1) is 12.8. The van der Waals surface area contributed by atoms with E-state index in [1.54, 1.807) is 24.3 Å². The van der Waals surface area contributed by atoms with Crippen molar-refractivity contribution in [1.82, 2.24) is 9.97 Å². The van der Waals surface area contributed by atoms with Gasteiger partial charge < -0.3 is 15.4 Å². The van der Waals surface area contributed by atoms with E-state index in [1.165, 1.54) is 6.33 Å². The minimum absolute atomic E-state index is 0.0254. The van der Waals surface area contributed by atoms with E-state index in [4.69, 9.17) is 4.74 Å². The average Bonchev–Trinajstić information content (AvgIpc) is 2.59. The number of nitro groups is 1. The van der Waals surface area contributed by atoms with Gasteiger partial charge in [-0.1, -0.05) is 13.8 Å². The monoisotopic (exact) mass is 373 g/mol. The Kier molecular flexibility index (Phi) is 6.64. The number of anilines is 3. The second-order valence-electron chi connectivity index (χ2n) is 6.67. The first kappa shape index (κ1) is 20.1. The molecule has 1 aromatic carbocycles. The molecule has 0 saturated heterocycles. The molecule has 2 rings (SSSR count). The van der Waals surface area contributed by atoms with Crippen molar-refractivity contribution >= 4 is 29.0 Å². The fourth-order valence-corrected chi connectivity index (χ4v) is 2.17. The lowest BCUT2D eigenvalue weighted by Crippen LogP contribution is -2.14. The minimum Gasteiger partial charge on any atom is -0.462 e. The number of carbonyl (C=O) groups is 1. The number of aromatic nitrogens is 2. The highest BCUT2D eigenvalue weighted by molar-refractivity contribution is 5.90. The lowest BCUT2D eigenvalue weighted by atomic mass is 10.2. The van der Waals surface area contributed by atoms with Gasteiger partial charge >= 0.3 is 11.7 Å². The van der Waals surface area contributed by atoms with Crippen LogP contribution in [0.4, 0.5) is 23.0 Å². The molecule has 0 unspecified atom stereocenters. The Labute approximate surface area is 157 Å². The van der Waals surface area contributed by atoms with Crippen molar-refractivity contribution in [2.45, 2.75) is 33.7 Å². The van der Waals surface area contributed by atoms with Gasteiger partial charge in [-0.2, -0.15) is 0 Å². The summed E-state index contributed by atoms with van der Waals surface area (Å²) >= 11 is 0. The smallest absolute Gasteiger partial charge is 0.353 e. The number of nitrogens with one attached hydrogen (secondary N) is 2. The molecule has 0 saturated carbocycles. The molecule has 2 N–H and O–H groups in total. The number of hydrogen-bond acceptors (Lipinski definition) is 8. The first-order valence-corrected chi connectivity index (χ1v) is 8.58. The van der Waals surface area contributed by atoms with E-state index < -0.39 is 10.9 Å². The topological polar surface area (TPSA) is 119 Å². The van der Waals surface area contributed by atoms with Gasteiger partial charge in [-0.15, -0.1) is 0 Å². The maximum Gasteiger partial charge on any atom is 0.353 e. The highest BCUT2D eigenvalue weighted by Gasteiger charge is 2.23. The molecular formula is C18H23N5O4. The van der Waals surface area contributed by atoms with Crippen LogP contribution >= 0.6 is 0 Å². The maximum atomic E-state index is 11.9. The minimum atomic E-state index is -0.537. The summed E-state index contributed by atoms with van der Waals surface area (Å²) in [6.07, 6.45) is 1.25. The lowest BCUT2D eigenvalue weighted by Gasteiger charge is -2.12. The number of ether oxygens (including phenoxy) is 1. The molecule has 144 valence electrons. The second kappa shape index (κ2) is 8.93. The van der Waals surface area contributed by atoms with Gasteiger partial charge in [0, 0.05) is 11.7 Å². The van der Waals surface area contributed by atoms with Crippen LogP contribution in [0.5, 0.6) is 0 Å². The SMILES string of the molecule is CC(C)COC(=O)c1ccc(Nc2ncnc(NC(C)C)c2[N+](=O)[O-])cc1. The molecule has 0 bridgehead atoms. The molecule has 0 atom stereocenters. The highest BCUT2D eigenvalue weighted by atomic mass is 16.6. The number of nitrogens with zero attached hydrogens (tertiary/aromatic N) is 3. The van der Waals surface area contributed by atoms with Gasteiger partial charge in [0.15, 0.2) is 0 Å². The normalized spacial score (nSPS) is 10.7. The van der Waals surface area contributed by atoms with Crippen LogP contribution in [0.1, 0.15) is 38.1 Å². The largest absolute Gasteiger partial charge is 0.462 e. The van der Waals surface area contributed by atoms with Gasteiger partial charge in [-0.05, 0) is 44.0 Å². The Bertz CT molecular complexity index is 806. The molecule has 9 nitrogen and oxygen atoms in total. The van der Waals surface area contributed by atoms with E-state index in [9.17, 15) is 14.9 Å². The summed E-state index contributed by atoms with van der Waals surface area (Å²) in [6, 6.07) is 6.42. The second-order valence-corrected chi connectivity index (χ2v) is 6.67. The van der Waals surface area contributed by atoms with E-state index in [-0.39, 0.29) is 29.3 Å². The number of rotatable bonds is 8. The van der Waals surface area contributed by atoms with Gasteiger partial charge in [0.25, 0.3) is 0 Å². The molecule has 0 aliphatic heterocycles. The predicted molar refractivity (Wildman–Crippen MR) is 102 cm³/mol. The average molecular weight is 373 g/mol. The Morgan fingerprint density at radius 3 is 2.33 bits per heavy atom. The molecule has 1 aromatic heterocycles. The lowest BCUT2D eigenvalue weighted by molar-refractivity contribution is -0.383. The fourth-order valence-electron chi connectivity index (χ4n) is 2.17. The molecule has 9 heteroatoms. The van der Waals surface area contributed by atoms with Crippen LogP contribution in [0.3, 0.4) is 0 Å². The predicted octanol–water partition coefficient (Wildman–Crippen LogP) is 3.76. The van der Waals surface area contributed by atoms with Crippen molar-refractivity contribution in [3.63, 3.8) is 0 Å². The summed E-state index contributed by atoms with van der Waals surface area (Å²) in [6.45, 7) is 7.97. The summed E-state index contributed by atoms with van der Waals surface area (Å²) in [4.78, 5) is 30.8. The molecule has 0 fully saturated rings. The van der Waals surface area contributed by atoms with Crippen LogP contribution in [-0.2, 0) is 4.74 Å². The molecule has 0 radical (unpaired) electrons. The number of hydrogen-bond donors (Lipinski definition) is 2. The number of carbonyl (C=O) groups excluding carboxylic acids is 1. The summed E-state index contributed by atoms with van der Waals surface area (Å²) < 4.78 is 5.17. The number of esters is 1. The highest BCUT2D eigenvalue weighted by Crippen LogP contribution is 2.31. The zero-order valence-corrected chi connectivity index (χ0v) is 15.7. The third kappa shape index (κ3) is 5.63. The molecule has 27 heavy (non-hydrogen) atoms. The molecule has 0 amide bonds. The van der Waals surface area contributed by atoms with Crippen molar-refractivity contribution in [3.8, 4) is 0 Å². The fraction of sp³-hybridized carbons (Fsp3) is 0.389. The van der Waals surface area contributed by atoms with E-state index >= 15 is 0 Å². The Hall–Kier alpha value is -3.23. The van der Waals surface area contributed by atoms with Crippen LogP contribution in [0.15, 0.2) is 30.6 Å². The molecule has 0 spiro atoms. The standard InChI is InChI=1S/C18H23N5O4/c1-11(2)9-27-18(24)13-5-7-14(8-6-13)22-17-15(23(25)26)16(19-10-20-17)21-12(3)4/h5-8,10-12H,9H2,1-4H3,(H2,19,20,21,22). The van der Waals surface area contributed by atoms with Gasteiger partial charge in [-0.25, -0.2) is 14.8 Å². The summed E-state index contributed by atoms with van der Waals surface area (Å²) in [5.74, 6) is 0.0446. The first-order valence-electron chi connectivity index (χ1n) is 8.58. The van der Waals surface area contributed by atoms with Crippen molar-refractivity contribution in [2.75, 3.05) is 17.2 Å². The van der Waals surface area contributed by atoms with Crippen molar-refractivity contribution in [1.29, 1.82) is 0 Å². The van der Waals surface area contributed by atoms with E-state index in [0.717, 1.165) is 0 Å². The summed E-state index contributed by atoms with van der Waals surface area (Å²) in [7, 11) is 0. The van der Waals surface area contributed by atoms with Crippen LogP contribution < -0.4 is 10.6 Å². The third-order valence-corrected chi connectivity index (χ3v) is 3.36. The van der Waals surface area contributed by atoms with Crippen LogP contribution in [0, 0.1) is 16.0 Å².